The van der Waals surface area contributed by atoms with Gasteiger partial charge in [-0.1, -0.05) is 0 Å². The fourth-order valence-electron chi connectivity index (χ4n) is 1.05. The topological polar surface area (TPSA) is 52.3 Å². The van der Waals surface area contributed by atoms with Gasteiger partial charge in [-0.3, -0.25) is 0 Å². The van der Waals surface area contributed by atoms with Crippen LogP contribution in [0.25, 0.3) is 0 Å². The third-order valence-corrected chi connectivity index (χ3v) is 1.65. The Labute approximate surface area is 79.5 Å². The van der Waals surface area contributed by atoms with Crippen molar-refractivity contribution in [3.05, 3.63) is 35.4 Å². The summed E-state index contributed by atoms with van der Waals surface area (Å²) in [4.78, 5) is 10.4. The van der Waals surface area contributed by atoms with Crippen molar-refractivity contribution in [3.63, 3.8) is 0 Å². The van der Waals surface area contributed by atoms with Gasteiger partial charge in [-0.15, -0.1) is 0 Å². The minimum absolute atomic E-state index is 0.223. The third-order valence-electron chi connectivity index (χ3n) is 1.65. The monoisotopic (exact) mass is 201 g/mol. The van der Waals surface area contributed by atoms with Crippen LogP contribution >= 0.6 is 0 Å². The molecule has 1 amide bonds. The number of nitrogens with two attached hydrogens (primary N) is 1. The number of carbonyl (C=O) groups excluding carboxylic acids is 1. The van der Waals surface area contributed by atoms with E-state index in [2.05, 4.69) is 4.74 Å². The fraction of sp³-hybridized carbons (Fsp3) is 0.222. The number of amides is 1. The second kappa shape index (κ2) is 4.04. The Balaban J connectivity index is 2.89. The van der Waals surface area contributed by atoms with E-state index >= 15 is 0 Å². The van der Waals surface area contributed by atoms with Crippen molar-refractivity contribution < 1.29 is 18.3 Å². The molecule has 0 spiro atoms. The third kappa shape index (κ3) is 2.69. The van der Waals surface area contributed by atoms with Crippen molar-refractivity contribution in [2.24, 2.45) is 5.73 Å². The van der Waals surface area contributed by atoms with Gasteiger partial charge < -0.3 is 10.5 Å². The molecule has 3 nitrogen and oxygen atoms in total. The van der Waals surface area contributed by atoms with E-state index in [0.717, 1.165) is 18.2 Å². The zero-order chi connectivity index (χ0) is 10.7. The zero-order valence-electron chi connectivity index (χ0n) is 7.46. The van der Waals surface area contributed by atoms with E-state index in [-0.39, 0.29) is 5.56 Å². The Morgan fingerprint density at radius 3 is 2.29 bits per heavy atom. The summed E-state index contributed by atoms with van der Waals surface area (Å²) in [5, 5.41) is 0. The molecule has 1 atom stereocenters. The lowest BCUT2D eigenvalue weighted by atomic mass is 10.1. The summed E-state index contributed by atoms with van der Waals surface area (Å²) in [6.45, 7) is 1.47. The number of primary amides is 1. The van der Waals surface area contributed by atoms with Crippen LogP contribution in [-0.2, 0) is 4.74 Å². The van der Waals surface area contributed by atoms with Crippen LogP contribution in [0.4, 0.5) is 13.6 Å². The number of carbonyl (C=O) groups is 1. The van der Waals surface area contributed by atoms with Gasteiger partial charge in [0.15, 0.2) is 0 Å². The van der Waals surface area contributed by atoms with Crippen molar-refractivity contribution >= 4 is 6.09 Å². The first kappa shape index (κ1) is 10.4. The van der Waals surface area contributed by atoms with Gasteiger partial charge in [0.2, 0.25) is 0 Å². The molecule has 1 unspecified atom stereocenters. The molecule has 76 valence electrons. The number of rotatable bonds is 2. The second-order valence-electron chi connectivity index (χ2n) is 2.78. The van der Waals surface area contributed by atoms with Crippen LogP contribution in [0.5, 0.6) is 0 Å². The molecule has 2 N–H and O–H groups in total. The number of hydrogen-bond donors (Lipinski definition) is 1. The van der Waals surface area contributed by atoms with Crippen LogP contribution < -0.4 is 5.73 Å². The van der Waals surface area contributed by atoms with E-state index in [4.69, 9.17) is 5.73 Å². The molecule has 1 rings (SSSR count). The summed E-state index contributed by atoms with van der Waals surface area (Å²) < 4.78 is 30.0. The Morgan fingerprint density at radius 2 is 1.86 bits per heavy atom. The molecule has 0 bridgehead atoms. The molecular weight excluding hydrogens is 192 g/mol. The number of ether oxygens (including phenoxy) is 1. The molecule has 0 radical (unpaired) electrons. The average molecular weight is 201 g/mol. The highest BCUT2D eigenvalue weighted by atomic mass is 19.1. The molecule has 0 aromatic heterocycles. The highest BCUT2D eigenvalue weighted by Gasteiger charge is 2.11. The minimum Gasteiger partial charge on any atom is -0.442 e. The quantitative estimate of drug-likeness (QED) is 0.796. The van der Waals surface area contributed by atoms with E-state index in [1.807, 2.05) is 0 Å². The van der Waals surface area contributed by atoms with Crippen molar-refractivity contribution in [1.82, 2.24) is 0 Å². The van der Waals surface area contributed by atoms with Gasteiger partial charge in [-0.05, 0) is 24.6 Å². The van der Waals surface area contributed by atoms with Crippen LogP contribution in [0.3, 0.4) is 0 Å². The van der Waals surface area contributed by atoms with E-state index in [1.54, 1.807) is 0 Å². The summed E-state index contributed by atoms with van der Waals surface area (Å²) in [5.41, 5.74) is 4.98. The summed E-state index contributed by atoms with van der Waals surface area (Å²) in [5.74, 6) is -1.44. The highest BCUT2D eigenvalue weighted by Crippen LogP contribution is 2.18. The molecule has 1 aromatic carbocycles. The largest absolute Gasteiger partial charge is 0.442 e. The second-order valence-corrected chi connectivity index (χ2v) is 2.78. The Bertz CT molecular complexity index is 334. The predicted octanol–water partition coefficient (Wildman–Crippen LogP) is 2.12. The molecular formula is C9H9F2NO2. The van der Waals surface area contributed by atoms with Gasteiger partial charge in [-0.2, -0.15) is 0 Å². The summed E-state index contributed by atoms with van der Waals surface area (Å²) in [6, 6.07) is 2.90. The Morgan fingerprint density at radius 1 is 1.36 bits per heavy atom. The summed E-state index contributed by atoms with van der Waals surface area (Å²) >= 11 is 0. The lowest BCUT2D eigenvalue weighted by Crippen LogP contribution is -2.15. The minimum atomic E-state index is -0.984. The normalized spacial score (nSPS) is 12.2. The molecule has 14 heavy (non-hydrogen) atoms. The van der Waals surface area contributed by atoms with Gasteiger partial charge in [0.05, 0.1) is 0 Å². The van der Waals surface area contributed by atoms with Crippen LogP contribution in [-0.4, -0.2) is 6.09 Å². The van der Waals surface area contributed by atoms with Gasteiger partial charge in [0.1, 0.15) is 17.7 Å². The van der Waals surface area contributed by atoms with E-state index in [0.29, 0.717) is 0 Å². The van der Waals surface area contributed by atoms with E-state index < -0.39 is 23.8 Å². The summed E-state index contributed by atoms with van der Waals surface area (Å²) in [6.07, 6.45) is -1.75. The first-order valence-electron chi connectivity index (χ1n) is 3.91. The first-order valence-corrected chi connectivity index (χ1v) is 3.91. The average Bonchev–Trinajstić information content (AvgIpc) is 2.00. The van der Waals surface area contributed by atoms with E-state index in [1.165, 1.54) is 6.92 Å². The van der Waals surface area contributed by atoms with Crippen molar-refractivity contribution in [1.29, 1.82) is 0 Å². The SMILES string of the molecule is CC(OC(N)=O)c1cc(F)cc(F)c1. The maximum atomic E-state index is 12.7. The fourth-order valence-corrected chi connectivity index (χ4v) is 1.05. The van der Waals surface area contributed by atoms with Crippen molar-refractivity contribution in [3.8, 4) is 0 Å². The Kier molecular flexibility index (Phi) is 3.01. The summed E-state index contributed by atoms with van der Waals surface area (Å²) in [7, 11) is 0. The molecule has 0 aliphatic heterocycles. The number of halogens is 2. The smallest absolute Gasteiger partial charge is 0.405 e. The molecule has 5 heteroatoms. The highest BCUT2D eigenvalue weighted by molar-refractivity contribution is 5.65. The van der Waals surface area contributed by atoms with E-state index in [9.17, 15) is 13.6 Å². The first-order chi connectivity index (χ1) is 6.49. The standard InChI is InChI=1S/C9H9F2NO2/c1-5(14-9(12)13)6-2-7(10)4-8(11)3-6/h2-5H,1H3,(H2,12,13). The molecule has 0 saturated heterocycles. The lowest BCUT2D eigenvalue weighted by Gasteiger charge is -2.11. The van der Waals surface area contributed by atoms with Crippen molar-refractivity contribution in [2.45, 2.75) is 13.0 Å². The molecule has 0 aliphatic carbocycles. The maximum absolute atomic E-state index is 12.7. The maximum Gasteiger partial charge on any atom is 0.405 e. The van der Waals surface area contributed by atoms with Crippen LogP contribution in [0.1, 0.15) is 18.6 Å². The van der Waals surface area contributed by atoms with Crippen LogP contribution in [0.2, 0.25) is 0 Å². The molecule has 0 aliphatic rings. The number of benzene rings is 1. The van der Waals surface area contributed by atoms with Gasteiger partial charge in [0.25, 0.3) is 0 Å². The molecule has 0 fully saturated rings. The Hall–Kier alpha value is -1.65. The molecule has 0 saturated carbocycles. The number of hydrogen-bond acceptors (Lipinski definition) is 2. The lowest BCUT2D eigenvalue weighted by molar-refractivity contribution is 0.116. The predicted molar refractivity (Wildman–Crippen MR) is 45.4 cm³/mol. The zero-order valence-corrected chi connectivity index (χ0v) is 7.46. The molecule has 1 aromatic rings. The van der Waals surface area contributed by atoms with Gasteiger partial charge in [0, 0.05) is 6.07 Å². The van der Waals surface area contributed by atoms with Crippen LogP contribution in [0, 0.1) is 11.6 Å². The van der Waals surface area contributed by atoms with Crippen LogP contribution in [0.15, 0.2) is 18.2 Å². The van der Waals surface area contributed by atoms with Crippen molar-refractivity contribution in [2.75, 3.05) is 0 Å². The molecule has 0 heterocycles. The van der Waals surface area contributed by atoms with Gasteiger partial charge in [-0.25, -0.2) is 13.6 Å². The van der Waals surface area contributed by atoms with Gasteiger partial charge >= 0.3 is 6.09 Å².